The van der Waals surface area contributed by atoms with Gasteiger partial charge in [-0.05, 0) is 80.7 Å². The summed E-state index contributed by atoms with van der Waals surface area (Å²) in [4.78, 5) is 18.6. The van der Waals surface area contributed by atoms with Gasteiger partial charge < -0.3 is 15.2 Å². The van der Waals surface area contributed by atoms with Gasteiger partial charge in [0.2, 0.25) is 0 Å². The van der Waals surface area contributed by atoms with Crippen molar-refractivity contribution in [3.63, 3.8) is 0 Å². The van der Waals surface area contributed by atoms with Crippen molar-refractivity contribution >= 4 is 16.9 Å². The molecule has 3 aromatic rings. The molecule has 6 nitrogen and oxygen atoms in total. The van der Waals surface area contributed by atoms with Crippen LogP contribution in [0.25, 0.3) is 10.9 Å². The fourth-order valence-corrected chi connectivity index (χ4v) is 5.13. The second kappa shape index (κ2) is 12.1. The lowest BCUT2D eigenvalue weighted by Crippen LogP contribution is -2.44. The number of rotatable bonds is 8. The van der Waals surface area contributed by atoms with E-state index >= 15 is 0 Å². The van der Waals surface area contributed by atoms with E-state index in [0.717, 1.165) is 54.1 Å². The molecule has 2 aromatic carbocycles. The standard InChI is InChI=1S/C29H31F2N3O3/c1-32-27(24-9-11-33-28-8-6-23(37-2)17-25(24)28)7-5-20-10-13-34(18-26(20)29(35)36)12-3-4-19-14-21(30)16-22(31)15-19/h6,8-9,11,14-17,20,26-27,32H,5,7,10,12-13,18H2,1-2H3,(H,35,36)/t20-,26+,27+/m1/s1. The highest BCUT2D eigenvalue weighted by Gasteiger charge is 2.34. The van der Waals surface area contributed by atoms with E-state index in [2.05, 4.69) is 22.1 Å². The van der Waals surface area contributed by atoms with Gasteiger partial charge in [0.05, 0.1) is 25.1 Å². The molecule has 1 aromatic heterocycles. The van der Waals surface area contributed by atoms with Crippen molar-refractivity contribution in [1.29, 1.82) is 0 Å². The molecular weight excluding hydrogens is 476 g/mol. The van der Waals surface area contributed by atoms with Gasteiger partial charge in [0.25, 0.3) is 0 Å². The van der Waals surface area contributed by atoms with Crippen LogP contribution in [0, 0.1) is 35.3 Å². The number of hydrogen-bond donors (Lipinski definition) is 2. The lowest BCUT2D eigenvalue weighted by molar-refractivity contribution is -0.146. The Bertz CT molecular complexity index is 1300. The number of aliphatic carboxylic acids is 1. The third-order valence-corrected chi connectivity index (χ3v) is 7.09. The molecule has 0 saturated carbocycles. The molecule has 3 atom stereocenters. The number of carboxylic acids is 1. The number of likely N-dealkylation sites (tertiary alicyclic amines) is 1. The second-order valence-corrected chi connectivity index (χ2v) is 9.39. The molecule has 4 rings (SSSR count). The van der Waals surface area contributed by atoms with Crippen molar-refractivity contribution in [2.45, 2.75) is 25.3 Å². The summed E-state index contributed by atoms with van der Waals surface area (Å²) < 4.78 is 32.1. The Morgan fingerprint density at radius 2 is 2.03 bits per heavy atom. The maximum Gasteiger partial charge on any atom is 0.308 e. The van der Waals surface area contributed by atoms with Crippen LogP contribution in [0.4, 0.5) is 8.78 Å². The number of ether oxygens (including phenoxy) is 1. The van der Waals surface area contributed by atoms with Gasteiger partial charge >= 0.3 is 5.97 Å². The molecule has 1 saturated heterocycles. The first kappa shape index (κ1) is 26.5. The molecule has 0 bridgehead atoms. The molecule has 2 N–H and O–H groups in total. The molecule has 0 aliphatic carbocycles. The van der Waals surface area contributed by atoms with Crippen LogP contribution in [-0.2, 0) is 4.79 Å². The third-order valence-electron chi connectivity index (χ3n) is 7.09. The first-order valence-electron chi connectivity index (χ1n) is 12.4. The van der Waals surface area contributed by atoms with Crippen LogP contribution in [0.15, 0.2) is 48.7 Å². The lowest BCUT2D eigenvalue weighted by atomic mass is 9.81. The van der Waals surface area contributed by atoms with Crippen LogP contribution in [0.1, 0.15) is 36.4 Å². The van der Waals surface area contributed by atoms with Crippen molar-refractivity contribution in [3.05, 3.63) is 71.4 Å². The Kier molecular flexibility index (Phi) is 8.70. The SMILES string of the molecule is CN[C@@H](CC[C@@H]1CCN(CC#Cc2cc(F)cc(F)c2)C[C@@H]1C(=O)O)c1ccnc2ccc(OC)cc12. The van der Waals surface area contributed by atoms with Crippen LogP contribution in [0.3, 0.4) is 0 Å². The molecule has 0 amide bonds. The van der Waals surface area contributed by atoms with Crippen molar-refractivity contribution < 1.29 is 23.4 Å². The zero-order valence-electron chi connectivity index (χ0n) is 21.0. The molecule has 37 heavy (non-hydrogen) atoms. The van der Waals surface area contributed by atoms with Crippen LogP contribution in [0.5, 0.6) is 5.75 Å². The molecule has 0 spiro atoms. The fourth-order valence-electron chi connectivity index (χ4n) is 5.13. The largest absolute Gasteiger partial charge is 0.497 e. The minimum atomic E-state index is -0.810. The Balaban J connectivity index is 1.41. The van der Waals surface area contributed by atoms with Crippen molar-refractivity contribution in [3.8, 4) is 17.6 Å². The quantitative estimate of drug-likeness (QED) is 0.433. The smallest absolute Gasteiger partial charge is 0.308 e. The van der Waals surface area contributed by atoms with E-state index in [0.29, 0.717) is 13.1 Å². The first-order chi connectivity index (χ1) is 17.9. The maximum atomic E-state index is 13.4. The average Bonchev–Trinajstić information content (AvgIpc) is 2.88. The third kappa shape index (κ3) is 6.62. The van der Waals surface area contributed by atoms with Crippen molar-refractivity contribution in [2.24, 2.45) is 11.8 Å². The number of hydrogen-bond acceptors (Lipinski definition) is 5. The molecule has 194 valence electrons. The first-order valence-corrected chi connectivity index (χ1v) is 12.4. The van der Waals surface area contributed by atoms with Crippen molar-refractivity contribution in [1.82, 2.24) is 15.2 Å². The van der Waals surface area contributed by atoms with Gasteiger partial charge in [-0.2, -0.15) is 0 Å². The zero-order valence-corrected chi connectivity index (χ0v) is 21.0. The number of carbonyl (C=O) groups is 1. The number of pyridine rings is 1. The molecule has 8 heteroatoms. The van der Waals surface area contributed by atoms with E-state index in [-0.39, 0.29) is 17.5 Å². The van der Waals surface area contributed by atoms with Gasteiger partial charge in [-0.15, -0.1) is 0 Å². The summed E-state index contributed by atoms with van der Waals surface area (Å²) >= 11 is 0. The lowest BCUT2D eigenvalue weighted by Gasteiger charge is -2.36. The summed E-state index contributed by atoms with van der Waals surface area (Å²) in [5, 5.41) is 14.4. The molecule has 0 radical (unpaired) electrons. The normalized spacial score (nSPS) is 18.7. The van der Waals surface area contributed by atoms with Gasteiger partial charge in [0, 0.05) is 35.8 Å². The van der Waals surface area contributed by atoms with E-state index in [1.54, 1.807) is 13.3 Å². The predicted octanol–water partition coefficient (Wildman–Crippen LogP) is 4.64. The fraction of sp³-hybridized carbons (Fsp3) is 0.379. The van der Waals surface area contributed by atoms with E-state index in [9.17, 15) is 18.7 Å². The maximum absolute atomic E-state index is 13.4. The van der Waals surface area contributed by atoms with Crippen LogP contribution in [-0.4, -0.2) is 54.8 Å². The highest BCUT2D eigenvalue weighted by Crippen LogP contribution is 2.33. The minimum absolute atomic E-state index is 0.0394. The van der Waals surface area contributed by atoms with Crippen LogP contribution < -0.4 is 10.1 Å². The highest BCUT2D eigenvalue weighted by molar-refractivity contribution is 5.84. The Labute approximate surface area is 215 Å². The summed E-state index contributed by atoms with van der Waals surface area (Å²) in [5.74, 6) is 3.85. The molecule has 1 aliphatic rings. The predicted molar refractivity (Wildman–Crippen MR) is 138 cm³/mol. The van der Waals surface area contributed by atoms with Gasteiger partial charge in [-0.1, -0.05) is 11.8 Å². The number of halogens is 2. The topological polar surface area (TPSA) is 74.7 Å². The number of aromatic nitrogens is 1. The van der Waals surface area contributed by atoms with E-state index in [1.165, 1.54) is 12.1 Å². The van der Waals surface area contributed by atoms with Crippen LogP contribution in [0.2, 0.25) is 0 Å². The van der Waals surface area contributed by atoms with E-state index in [1.807, 2.05) is 36.2 Å². The monoisotopic (exact) mass is 507 g/mol. The Morgan fingerprint density at radius 1 is 1.24 bits per heavy atom. The molecular formula is C29H31F2N3O3. The number of nitrogens with zero attached hydrogens (tertiary/aromatic N) is 2. The second-order valence-electron chi connectivity index (χ2n) is 9.39. The van der Waals surface area contributed by atoms with Gasteiger partial charge in [0.15, 0.2) is 0 Å². The van der Waals surface area contributed by atoms with Crippen LogP contribution >= 0.6 is 0 Å². The van der Waals surface area contributed by atoms with Crippen molar-refractivity contribution in [2.75, 3.05) is 33.8 Å². The summed E-state index contributed by atoms with van der Waals surface area (Å²) in [6.07, 6.45) is 4.09. The number of benzene rings is 2. The van der Waals surface area contributed by atoms with Gasteiger partial charge in [-0.3, -0.25) is 14.7 Å². The van der Waals surface area contributed by atoms with E-state index < -0.39 is 23.5 Å². The summed E-state index contributed by atoms with van der Waals surface area (Å²) in [6, 6.07) is 11.0. The molecule has 1 fully saturated rings. The van der Waals surface area contributed by atoms with E-state index in [4.69, 9.17) is 4.74 Å². The number of methoxy groups -OCH3 is 1. The highest BCUT2D eigenvalue weighted by atomic mass is 19.1. The van der Waals surface area contributed by atoms with Gasteiger partial charge in [0.1, 0.15) is 17.4 Å². The zero-order chi connectivity index (χ0) is 26.4. The average molecular weight is 508 g/mol. The minimum Gasteiger partial charge on any atom is -0.497 e. The number of piperidine rings is 1. The molecule has 0 unspecified atom stereocenters. The number of carboxylic acid groups (broad SMARTS) is 1. The summed E-state index contributed by atoms with van der Waals surface area (Å²) in [7, 11) is 3.55. The molecule has 1 aliphatic heterocycles. The van der Waals surface area contributed by atoms with Gasteiger partial charge in [-0.25, -0.2) is 8.78 Å². The summed E-state index contributed by atoms with van der Waals surface area (Å²) in [6.45, 7) is 1.46. The number of fused-ring (bicyclic) bond motifs is 1. The molecule has 2 heterocycles. The number of nitrogens with one attached hydrogen (secondary N) is 1. The Morgan fingerprint density at radius 3 is 2.73 bits per heavy atom. The Hall–Kier alpha value is -3.54. The summed E-state index contributed by atoms with van der Waals surface area (Å²) in [5.41, 5.74) is 2.26.